The highest BCUT2D eigenvalue weighted by Gasteiger charge is 2.35. The summed E-state index contributed by atoms with van der Waals surface area (Å²) >= 11 is 0. The molecule has 1 aromatic rings. The van der Waals surface area contributed by atoms with E-state index in [0.29, 0.717) is 5.56 Å². The van der Waals surface area contributed by atoms with Crippen LogP contribution in [0.3, 0.4) is 0 Å². The number of hydrogen-bond donors (Lipinski definition) is 1. The van der Waals surface area contributed by atoms with Gasteiger partial charge in [0.1, 0.15) is 0 Å². The van der Waals surface area contributed by atoms with Crippen molar-refractivity contribution in [1.29, 1.82) is 0 Å². The van der Waals surface area contributed by atoms with Gasteiger partial charge in [-0.1, -0.05) is 0 Å². The number of Topliss-reactive ketones (excluding diaryl/α,β-unsaturated/α-hetero) is 1. The second-order valence-corrected chi connectivity index (χ2v) is 5.47. The van der Waals surface area contributed by atoms with E-state index in [1.807, 2.05) is 13.8 Å². The second kappa shape index (κ2) is 5.89. The molecular formula is C15H21FN2O2. The number of halogens is 1. The molecule has 0 unspecified atom stereocenters. The molecule has 0 saturated carbocycles. The van der Waals surface area contributed by atoms with Crippen LogP contribution < -0.4 is 10.1 Å². The Morgan fingerprint density at radius 1 is 1.35 bits per heavy atom. The van der Waals surface area contributed by atoms with Gasteiger partial charge in [0, 0.05) is 31.7 Å². The molecule has 0 spiro atoms. The van der Waals surface area contributed by atoms with Crippen LogP contribution in [0.5, 0.6) is 5.75 Å². The van der Waals surface area contributed by atoms with Gasteiger partial charge >= 0.3 is 0 Å². The summed E-state index contributed by atoms with van der Waals surface area (Å²) in [4.78, 5) is 14.8. The largest absolute Gasteiger partial charge is 0.494 e. The summed E-state index contributed by atoms with van der Waals surface area (Å²) in [7, 11) is 1.41. The molecule has 1 heterocycles. The molecular weight excluding hydrogens is 259 g/mol. The molecule has 20 heavy (non-hydrogen) atoms. The first kappa shape index (κ1) is 14.9. The quantitative estimate of drug-likeness (QED) is 0.852. The summed E-state index contributed by atoms with van der Waals surface area (Å²) in [5, 5.41) is 3.26. The molecule has 1 N–H and O–H groups in total. The number of ether oxygens (including phenoxy) is 1. The van der Waals surface area contributed by atoms with Crippen LogP contribution in [0, 0.1) is 5.82 Å². The van der Waals surface area contributed by atoms with Crippen LogP contribution in [0.1, 0.15) is 24.2 Å². The van der Waals surface area contributed by atoms with Gasteiger partial charge in [-0.05, 0) is 32.0 Å². The number of piperazine rings is 1. The Morgan fingerprint density at radius 3 is 2.55 bits per heavy atom. The zero-order valence-electron chi connectivity index (χ0n) is 12.2. The molecule has 1 saturated heterocycles. The highest BCUT2D eigenvalue weighted by molar-refractivity contribution is 6.02. The third-order valence-corrected chi connectivity index (χ3v) is 3.88. The van der Waals surface area contributed by atoms with Crippen LogP contribution in [-0.2, 0) is 0 Å². The van der Waals surface area contributed by atoms with Crippen molar-refractivity contribution in [2.75, 3.05) is 33.3 Å². The van der Waals surface area contributed by atoms with Gasteiger partial charge in [-0.3, -0.25) is 9.69 Å². The van der Waals surface area contributed by atoms with Crippen molar-refractivity contribution in [3.05, 3.63) is 29.6 Å². The van der Waals surface area contributed by atoms with Crippen molar-refractivity contribution in [2.24, 2.45) is 0 Å². The van der Waals surface area contributed by atoms with Gasteiger partial charge in [0.05, 0.1) is 12.6 Å². The fourth-order valence-corrected chi connectivity index (χ4v) is 2.53. The Morgan fingerprint density at radius 2 is 2.00 bits per heavy atom. The molecule has 0 aromatic heterocycles. The third kappa shape index (κ3) is 2.83. The number of nitrogens with zero attached hydrogens (tertiary/aromatic N) is 1. The Balaban J connectivity index is 2.22. The maximum Gasteiger partial charge on any atom is 0.182 e. The van der Waals surface area contributed by atoms with Crippen LogP contribution in [0.25, 0.3) is 0 Å². The van der Waals surface area contributed by atoms with Gasteiger partial charge in [-0.2, -0.15) is 0 Å². The SMILES string of the molecule is COc1ccc(C(=O)C(C)(C)N2CCNCC2)cc1F. The molecule has 0 radical (unpaired) electrons. The van der Waals surface area contributed by atoms with Gasteiger partial charge in [0.2, 0.25) is 0 Å². The Kier molecular flexibility index (Phi) is 4.40. The van der Waals surface area contributed by atoms with Crippen LogP contribution in [0.2, 0.25) is 0 Å². The smallest absolute Gasteiger partial charge is 0.182 e. The highest BCUT2D eigenvalue weighted by Crippen LogP contribution is 2.24. The average molecular weight is 280 g/mol. The molecule has 1 aliphatic rings. The van der Waals surface area contributed by atoms with E-state index in [2.05, 4.69) is 10.2 Å². The number of nitrogens with one attached hydrogen (secondary N) is 1. The molecule has 1 aromatic carbocycles. The number of carbonyl (C=O) groups excluding carboxylic acids is 1. The van der Waals surface area contributed by atoms with E-state index in [-0.39, 0.29) is 11.5 Å². The Labute approximate surface area is 118 Å². The van der Waals surface area contributed by atoms with Crippen molar-refractivity contribution >= 4 is 5.78 Å². The highest BCUT2D eigenvalue weighted by atomic mass is 19.1. The molecule has 0 aliphatic carbocycles. The molecule has 110 valence electrons. The van der Waals surface area contributed by atoms with Crippen molar-refractivity contribution in [3.8, 4) is 5.75 Å². The first-order valence-corrected chi connectivity index (χ1v) is 6.81. The monoisotopic (exact) mass is 280 g/mol. The van der Waals surface area contributed by atoms with Crippen LogP contribution in [-0.4, -0.2) is 49.5 Å². The van der Waals surface area contributed by atoms with E-state index < -0.39 is 11.4 Å². The second-order valence-electron chi connectivity index (χ2n) is 5.47. The topological polar surface area (TPSA) is 41.6 Å². The van der Waals surface area contributed by atoms with E-state index in [9.17, 15) is 9.18 Å². The minimum Gasteiger partial charge on any atom is -0.494 e. The summed E-state index contributed by atoms with van der Waals surface area (Å²) in [5.74, 6) is -0.419. The van der Waals surface area contributed by atoms with Gasteiger partial charge in [0.25, 0.3) is 0 Å². The molecule has 5 heteroatoms. The number of ketones is 1. The maximum atomic E-state index is 13.7. The van der Waals surface area contributed by atoms with Crippen LogP contribution >= 0.6 is 0 Å². The zero-order valence-corrected chi connectivity index (χ0v) is 12.2. The minimum absolute atomic E-state index is 0.0686. The lowest BCUT2D eigenvalue weighted by molar-refractivity contribution is 0.0602. The fraction of sp³-hybridized carbons (Fsp3) is 0.533. The molecule has 0 bridgehead atoms. The summed E-state index contributed by atoms with van der Waals surface area (Å²) in [6.07, 6.45) is 0. The number of carbonyl (C=O) groups is 1. The maximum absolute atomic E-state index is 13.7. The third-order valence-electron chi connectivity index (χ3n) is 3.88. The lowest BCUT2D eigenvalue weighted by atomic mass is 9.90. The number of benzene rings is 1. The first-order chi connectivity index (χ1) is 9.46. The fourth-order valence-electron chi connectivity index (χ4n) is 2.53. The standard InChI is InChI=1S/C15H21FN2O2/c1-15(2,18-8-6-17-7-9-18)14(19)11-4-5-13(20-3)12(16)10-11/h4-5,10,17H,6-9H2,1-3H3. The van der Waals surface area contributed by atoms with Crippen molar-refractivity contribution in [1.82, 2.24) is 10.2 Å². The van der Waals surface area contributed by atoms with Crippen LogP contribution in [0.4, 0.5) is 4.39 Å². The van der Waals surface area contributed by atoms with Crippen molar-refractivity contribution in [2.45, 2.75) is 19.4 Å². The van der Waals surface area contributed by atoms with E-state index in [1.165, 1.54) is 19.2 Å². The molecule has 2 rings (SSSR count). The summed E-state index contributed by atoms with van der Waals surface area (Å²) in [5.41, 5.74) is -0.254. The van der Waals surface area contributed by atoms with E-state index in [4.69, 9.17) is 4.74 Å². The predicted molar refractivity (Wildman–Crippen MR) is 75.8 cm³/mol. The molecule has 0 amide bonds. The van der Waals surface area contributed by atoms with E-state index in [1.54, 1.807) is 6.07 Å². The number of methoxy groups -OCH3 is 1. The minimum atomic E-state index is -0.636. The van der Waals surface area contributed by atoms with E-state index >= 15 is 0 Å². The first-order valence-electron chi connectivity index (χ1n) is 6.81. The molecule has 0 atom stereocenters. The van der Waals surface area contributed by atoms with E-state index in [0.717, 1.165) is 26.2 Å². The van der Waals surface area contributed by atoms with Gasteiger partial charge in [-0.25, -0.2) is 4.39 Å². The molecule has 1 aliphatic heterocycles. The van der Waals surface area contributed by atoms with Crippen LogP contribution in [0.15, 0.2) is 18.2 Å². The summed E-state index contributed by atoms with van der Waals surface area (Å²) in [6.45, 7) is 7.15. The normalized spacial score (nSPS) is 17.0. The zero-order chi connectivity index (χ0) is 14.8. The van der Waals surface area contributed by atoms with Crippen molar-refractivity contribution in [3.63, 3.8) is 0 Å². The molecule has 4 nitrogen and oxygen atoms in total. The Hall–Kier alpha value is -1.46. The van der Waals surface area contributed by atoms with Crippen molar-refractivity contribution < 1.29 is 13.9 Å². The summed E-state index contributed by atoms with van der Waals surface area (Å²) < 4.78 is 18.6. The predicted octanol–water partition coefficient (Wildman–Crippen LogP) is 1.70. The van der Waals surface area contributed by atoms with Gasteiger partial charge in [-0.15, -0.1) is 0 Å². The number of rotatable bonds is 4. The van der Waals surface area contributed by atoms with Gasteiger partial charge in [0.15, 0.2) is 17.3 Å². The lowest BCUT2D eigenvalue weighted by Crippen LogP contribution is -2.57. The lowest BCUT2D eigenvalue weighted by Gasteiger charge is -2.40. The summed E-state index contributed by atoms with van der Waals surface area (Å²) in [6, 6.07) is 4.37. The van der Waals surface area contributed by atoms with Gasteiger partial charge < -0.3 is 10.1 Å². The molecule has 1 fully saturated rings. The Bertz CT molecular complexity index is 497. The number of hydrogen-bond acceptors (Lipinski definition) is 4. The average Bonchev–Trinajstić information content (AvgIpc) is 2.47.